The van der Waals surface area contributed by atoms with E-state index in [2.05, 4.69) is 12.2 Å². The molecular formula is C16H27NO2. The van der Waals surface area contributed by atoms with Gasteiger partial charge in [-0.15, -0.1) is 0 Å². The number of ether oxygens (including phenoxy) is 1. The lowest BCUT2D eigenvalue weighted by atomic mass is 9.85. The van der Waals surface area contributed by atoms with E-state index in [4.69, 9.17) is 4.74 Å². The molecule has 0 heterocycles. The highest BCUT2D eigenvalue weighted by Crippen LogP contribution is 2.27. The summed E-state index contributed by atoms with van der Waals surface area (Å²) in [4.78, 5) is 12.0. The monoisotopic (exact) mass is 265 g/mol. The molecule has 1 fully saturated rings. The third-order valence-corrected chi connectivity index (χ3v) is 3.61. The fourth-order valence-electron chi connectivity index (χ4n) is 2.67. The van der Waals surface area contributed by atoms with Gasteiger partial charge in [0, 0.05) is 6.04 Å². The van der Waals surface area contributed by atoms with Crippen LogP contribution in [0.15, 0.2) is 24.2 Å². The minimum atomic E-state index is -0.121. The van der Waals surface area contributed by atoms with E-state index in [1.807, 2.05) is 13.8 Å². The van der Waals surface area contributed by atoms with Crippen molar-refractivity contribution < 1.29 is 9.53 Å². The molecule has 0 radical (unpaired) electrons. The molecule has 3 heteroatoms. The molecule has 1 rings (SSSR count). The van der Waals surface area contributed by atoms with Crippen LogP contribution in [0.3, 0.4) is 0 Å². The van der Waals surface area contributed by atoms with Crippen molar-refractivity contribution in [1.29, 1.82) is 0 Å². The highest BCUT2D eigenvalue weighted by Gasteiger charge is 2.19. The molecule has 1 unspecified atom stereocenters. The topological polar surface area (TPSA) is 38.3 Å². The maximum Gasteiger partial charge on any atom is 0.286 e. The zero-order chi connectivity index (χ0) is 14.1. The summed E-state index contributed by atoms with van der Waals surface area (Å²) in [5.41, 5.74) is 0. The molecule has 0 bridgehead atoms. The van der Waals surface area contributed by atoms with Crippen molar-refractivity contribution >= 4 is 5.91 Å². The van der Waals surface area contributed by atoms with Gasteiger partial charge in [0.05, 0.1) is 6.26 Å². The van der Waals surface area contributed by atoms with Gasteiger partial charge in [0.2, 0.25) is 0 Å². The first-order valence-electron chi connectivity index (χ1n) is 7.42. The van der Waals surface area contributed by atoms with Crippen molar-refractivity contribution in [2.75, 3.05) is 0 Å². The number of carbonyl (C=O) groups excluding carboxylic acids is 1. The van der Waals surface area contributed by atoms with Crippen LogP contribution in [-0.4, -0.2) is 11.9 Å². The minimum absolute atomic E-state index is 0.121. The van der Waals surface area contributed by atoms with E-state index < -0.39 is 0 Å². The predicted molar refractivity (Wildman–Crippen MR) is 78.5 cm³/mol. The highest BCUT2D eigenvalue weighted by atomic mass is 16.5. The van der Waals surface area contributed by atoms with E-state index in [1.165, 1.54) is 38.4 Å². The van der Waals surface area contributed by atoms with Crippen LogP contribution in [0.25, 0.3) is 0 Å². The molecule has 0 aliphatic heterocycles. The van der Waals surface area contributed by atoms with Crippen LogP contribution in [0, 0.1) is 5.92 Å². The van der Waals surface area contributed by atoms with E-state index in [1.54, 1.807) is 12.2 Å². The average molecular weight is 265 g/mol. The molecule has 1 atom stereocenters. The van der Waals surface area contributed by atoms with Gasteiger partial charge >= 0.3 is 0 Å². The molecular weight excluding hydrogens is 238 g/mol. The smallest absolute Gasteiger partial charge is 0.286 e. The van der Waals surface area contributed by atoms with Crippen LogP contribution in [0.2, 0.25) is 0 Å². The second kappa shape index (κ2) is 8.78. The van der Waals surface area contributed by atoms with E-state index >= 15 is 0 Å². The standard InChI is InChI=1S/C16H27NO2/c1-4-11-19-15(5-2)16(18)17-13(3)12-14-9-7-6-8-10-14/h4-5,11,13-14H,6-10,12H2,1-3H3,(H,17,18)/b11-4-,15-5-. The Kier molecular flexibility index (Phi) is 7.31. The SMILES string of the molecule is C/C=C\O/C(=C\C)C(=O)NC(C)CC1CCCCC1. The summed E-state index contributed by atoms with van der Waals surface area (Å²) in [7, 11) is 0. The Balaban J connectivity index is 2.37. The molecule has 0 spiro atoms. The molecule has 1 N–H and O–H groups in total. The number of rotatable bonds is 6. The number of hydrogen-bond donors (Lipinski definition) is 1. The number of carbonyl (C=O) groups is 1. The zero-order valence-electron chi connectivity index (χ0n) is 12.4. The molecule has 19 heavy (non-hydrogen) atoms. The van der Waals surface area contributed by atoms with Gasteiger partial charge in [0.15, 0.2) is 5.76 Å². The summed E-state index contributed by atoms with van der Waals surface area (Å²) < 4.78 is 5.26. The lowest BCUT2D eigenvalue weighted by Gasteiger charge is -2.25. The maximum absolute atomic E-state index is 12.0. The first kappa shape index (κ1) is 15.8. The third-order valence-electron chi connectivity index (χ3n) is 3.61. The van der Waals surface area contributed by atoms with Crippen molar-refractivity contribution in [3.63, 3.8) is 0 Å². The van der Waals surface area contributed by atoms with Crippen LogP contribution in [-0.2, 0) is 9.53 Å². The Morgan fingerprint density at radius 3 is 2.58 bits per heavy atom. The molecule has 1 aliphatic rings. The molecule has 108 valence electrons. The first-order valence-corrected chi connectivity index (χ1v) is 7.42. The molecule has 3 nitrogen and oxygen atoms in total. The van der Waals surface area contributed by atoms with Crippen molar-refractivity contribution in [1.82, 2.24) is 5.32 Å². The predicted octanol–water partition coefficient (Wildman–Crippen LogP) is 3.92. The van der Waals surface area contributed by atoms with Gasteiger partial charge in [-0.2, -0.15) is 0 Å². The fraction of sp³-hybridized carbons (Fsp3) is 0.688. The Bertz CT molecular complexity index is 328. The Morgan fingerprint density at radius 1 is 1.32 bits per heavy atom. The van der Waals surface area contributed by atoms with Crippen LogP contribution >= 0.6 is 0 Å². The normalized spacial score (nSPS) is 19.4. The molecule has 0 saturated heterocycles. The van der Waals surface area contributed by atoms with Crippen molar-refractivity contribution in [3.05, 3.63) is 24.2 Å². The quantitative estimate of drug-likeness (QED) is 0.584. The maximum atomic E-state index is 12.0. The van der Waals surface area contributed by atoms with Crippen molar-refractivity contribution in [2.24, 2.45) is 5.92 Å². The number of allylic oxidation sites excluding steroid dienone is 2. The van der Waals surface area contributed by atoms with Gasteiger partial charge in [0.1, 0.15) is 0 Å². The Labute approximate surface area is 117 Å². The van der Waals surface area contributed by atoms with Gasteiger partial charge in [-0.3, -0.25) is 4.79 Å². The van der Waals surface area contributed by atoms with Crippen molar-refractivity contribution in [3.8, 4) is 0 Å². The molecule has 1 aliphatic carbocycles. The lowest BCUT2D eigenvalue weighted by Crippen LogP contribution is -2.35. The van der Waals surface area contributed by atoms with Gasteiger partial charge in [-0.05, 0) is 39.2 Å². The van der Waals surface area contributed by atoms with Gasteiger partial charge in [-0.1, -0.05) is 38.2 Å². The van der Waals surface area contributed by atoms with Crippen molar-refractivity contribution in [2.45, 2.75) is 65.3 Å². The van der Waals surface area contributed by atoms with E-state index in [0.29, 0.717) is 5.76 Å². The second-order valence-corrected chi connectivity index (χ2v) is 5.35. The highest BCUT2D eigenvalue weighted by molar-refractivity contribution is 5.91. The summed E-state index contributed by atoms with van der Waals surface area (Å²) in [6.45, 7) is 5.75. The average Bonchev–Trinajstić information content (AvgIpc) is 2.40. The molecule has 1 amide bonds. The van der Waals surface area contributed by atoms with Crippen LogP contribution < -0.4 is 5.32 Å². The number of hydrogen-bond acceptors (Lipinski definition) is 2. The van der Waals surface area contributed by atoms with Gasteiger partial charge in [-0.25, -0.2) is 0 Å². The van der Waals surface area contributed by atoms with Gasteiger partial charge < -0.3 is 10.1 Å². The summed E-state index contributed by atoms with van der Waals surface area (Å²) in [6.07, 6.45) is 12.7. The van der Waals surface area contributed by atoms with Crippen LogP contribution in [0.4, 0.5) is 0 Å². The molecule has 0 aromatic heterocycles. The van der Waals surface area contributed by atoms with Crippen LogP contribution in [0.5, 0.6) is 0 Å². The van der Waals surface area contributed by atoms with E-state index in [0.717, 1.165) is 12.3 Å². The summed E-state index contributed by atoms with van der Waals surface area (Å²) in [5.74, 6) is 1.02. The second-order valence-electron chi connectivity index (χ2n) is 5.35. The summed E-state index contributed by atoms with van der Waals surface area (Å²) in [5, 5.41) is 3.02. The largest absolute Gasteiger partial charge is 0.460 e. The number of amides is 1. The molecule has 0 aromatic rings. The first-order chi connectivity index (χ1) is 9.17. The molecule has 1 saturated carbocycles. The van der Waals surface area contributed by atoms with E-state index in [-0.39, 0.29) is 11.9 Å². The van der Waals surface area contributed by atoms with E-state index in [9.17, 15) is 4.79 Å². The summed E-state index contributed by atoms with van der Waals surface area (Å²) >= 11 is 0. The minimum Gasteiger partial charge on any atom is -0.460 e. The Morgan fingerprint density at radius 2 is 2.00 bits per heavy atom. The zero-order valence-corrected chi connectivity index (χ0v) is 12.4. The summed E-state index contributed by atoms with van der Waals surface area (Å²) in [6, 6.07) is 0.208. The third kappa shape index (κ3) is 5.95. The van der Waals surface area contributed by atoms with Crippen LogP contribution in [0.1, 0.15) is 59.3 Å². The van der Waals surface area contributed by atoms with Gasteiger partial charge in [0.25, 0.3) is 5.91 Å². The number of nitrogens with one attached hydrogen (secondary N) is 1. The lowest BCUT2D eigenvalue weighted by molar-refractivity contribution is -0.120. The fourth-order valence-corrected chi connectivity index (χ4v) is 2.67. The molecule has 0 aromatic carbocycles. The Hall–Kier alpha value is -1.25.